The van der Waals surface area contributed by atoms with Gasteiger partial charge >= 0.3 is 0 Å². The summed E-state index contributed by atoms with van der Waals surface area (Å²) in [6, 6.07) is 5.71. The molecule has 1 heterocycles. The van der Waals surface area contributed by atoms with Crippen LogP contribution in [0.3, 0.4) is 0 Å². The van der Waals surface area contributed by atoms with Crippen molar-refractivity contribution in [3.05, 3.63) is 30.1 Å². The predicted molar refractivity (Wildman–Crippen MR) is 69.7 cm³/mol. The van der Waals surface area contributed by atoms with Gasteiger partial charge in [-0.25, -0.2) is 17.5 Å². The summed E-state index contributed by atoms with van der Waals surface area (Å²) in [4.78, 5) is 2.33. The summed E-state index contributed by atoms with van der Waals surface area (Å²) in [6.45, 7) is 1.71. The zero-order valence-corrected chi connectivity index (χ0v) is 11.4. The molecule has 4 nitrogen and oxygen atoms in total. The molecule has 1 aromatic rings. The fourth-order valence-electron chi connectivity index (χ4n) is 2.58. The molecule has 6 heteroatoms. The maximum Gasteiger partial charge on any atom is 0.240 e. The van der Waals surface area contributed by atoms with Gasteiger partial charge in [0.05, 0.1) is 4.90 Å². The molecule has 1 aromatic carbocycles. The fourth-order valence-corrected chi connectivity index (χ4v) is 3.87. The van der Waals surface area contributed by atoms with Crippen molar-refractivity contribution in [1.29, 1.82) is 0 Å². The summed E-state index contributed by atoms with van der Waals surface area (Å²) >= 11 is 0. The number of rotatable bonds is 4. The summed E-state index contributed by atoms with van der Waals surface area (Å²) in [6.07, 6.45) is 3.28. The number of nitrogens with one attached hydrogen (secondary N) is 1. The molecule has 1 aliphatic carbocycles. The first-order valence-electron chi connectivity index (χ1n) is 6.56. The van der Waals surface area contributed by atoms with Gasteiger partial charge in [0.1, 0.15) is 5.82 Å². The predicted octanol–water partition coefficient (Wildman–Crippen LogP) is 1.34. The number of halogens is 1. The van der Waals surface area contributed by atoms with E-state index < -0.39 is 15.8 Å². The number of hydrogen-bond donors (Lipinski definition) is 1. The van der Waals surface area contributed by atoms with Crippen molar-refractivity contribution in [2.75, 3.05) is 13.1 Å². The molecule has 0 spiro atoms. The molecule has 1 atom stereocenters. The second kappa shape index (κ2) is 4.85. The Labute approximate surface area is 112 Å². The summed E-state index contributed by atoms with van der Waals surface area (Å²) in [5.41, 5.74) is 0. The van der Waals surface area contributed by atoms with Gasteiger partial charge in [0.25, 0.3) is 0 Å². The summed E-state index contributed by atoms with van der Waals surface area (Å²) in [5.74, 6) is -0.533. The van der Waals surface area contributed by atoms with Gasteiger partial charge in [0, 0.05) is 25.2 Å². The molecule has 2 aliphatic rings. The lowest BCUT2D eigenvalue weighted by Crippen LogP contribution is -2.37. The molecule has 1 aliphatic heterocycles. The van der Waals surface area contributed by atoms with E-state index in [9.17, 15) is 12.8 Å². The molecule has 0 aromatic heterocycles. The van der Waals surface area contributed by atoms with Gasteiger partial charge in [-0.05, 0) is 37.5 Å². The molecule has 0 bridgehead atoms. The van der Waals surface area contributed by atoms with Crippen LogP contribution in [-0.2, 0) is 10.0 Å². The minimum atomic E-state index is -3.61. The largest absolute Gasteiger partial charge is 0.299 e. The van der Waals surface area contributed by atoms with Crippen molar-refractivity contribution in [1.82, 2.24) is 9.62 Å². The van der Waals surface area contributed by atoms with Crippen LogP contribution in [0.2, 0.25) is 0 Å². The fraction of sp³-hybridized carbons (Fsp3) is 0.538. The van der Waals surface area contributed by atoms with Crippen LogP contribution in [-0.4, -0.2) is 38.5 Å². The maximum atomic E-state index is 13.1. The lowest BCUT2D eigenvalue weighted by Gasteiger charge is -2.16. The average molecular weight is 284 g/mol. The Morgan fingerprint density at radius 2 is 2.05 bits per heavy atom. The van der Waals surface area contributed by atoms with Crippen LogP contribution in [0.5, 0.6) is 0 Å². The second-order valence-corrected chi connectivity index (χ2v) is 7.00. The molecule has 1 N–H and O–H groups in total. The van der Waals surface area contributed by atoms with Gasteiger partial charge < -0.3 is 0 Å². The van der Waals surface area contributed by atoms with Crippen molar-refractivity contribution < 1.29 is 12.8 Å². The molecule has 2 fully saturated rings. The van der Waals surface area contributed by atoms with E-state index in [1.807, 2.05) is 0 Å². The monoisotopic (exact) mass is 284 g/mol. The topological polar surface area (TPSA) is 49.4 Å². The van der Waals surface area contributed by atoms with Gasteiger partial charge in [-0.3, -0.25) is 4.90 Å². The second-order valence-electron chi connectivity index (χ2n) is 5.29. The molecule has 1 unspecified atom stereocenters. The third-order valence-electron chi connectivity index (χ3n) is 3.71. The van der Waals surface area contributed by atoms with Gasteiger partial charge in [0.2, 0.25) is 10.0 Å². The zero-order valence-electron chi connectivity index (χ0n) is 10.5. The number of nitrogens with zero attached hydrogens (tertiary/aromatic N) is 1. The number of likely N-dealkylation sites (tertiary alicyclic amines) is 1. The highest BCUT2D eigenvalue weighted by molar-refractivity contribution is 7.89. The van der Waals surface area contributed by atoms with Crippen molar-refractivity contribution in [2.45, 2.75) is 36.2 Å². The van der Waals surface area contributed by atoms with Crippen molar-refractivity contribution in [3.63, 3.8) is 0 Å². The quantitative estimate of drug-likeness (QED) is 0.908. The minimum Gasteiger partial charge on any atom is -0.299 e. The third-order valence-corrected chi connectivity index (χ3v) is 5.23. The molecule has 1 saturated carbocycles. The summed E-state index contributed by atoms with van der Waals surface area (Å²) in [7, 11) is -3.61. The molecule has 104 valence electrons. The first kappa shape index (κ1) is 13.0. The Morgan fingerprint density at radius 1 is 1.26 bits per heavy atom. The maximum absolute atomic E-state index is 13.1. The van der Waals surface area contributed by atoms with Gasteiger partial charge in [-0.1, -0.05) is 6.07 Å². The molecular formula is C13H17FN2O2S. The van der Waals surface area contributed by atoms with E-state index in [1.165, 1.54) is 31.0 Å². The standard InChI is InChI=1S/C13H17FN2O2S/c14-10-2-1-3-13(8-10)19(17,18)15-11-6-7-16(9-11)12-4-5-12/h1-3,8,11-12,15H,4-7,9H2. The molecule has 1 saturated heterocycles. The molecule has 19 heavy (non-hydrogen) atoms. The highest BCUT2D eigenvalue weighted by Gasteiger charge is 2.35. The lowest BCUT2D eigenvalue weighted by molar-refractivity contribution is 0.322. The van der Waals surface area contributed by atoms with Gasteiger partial charge in [0.15, 0.2) is 0 Å². The van der Waals surface area contributed by atoms with Gasteiger partial charge in [-0.15, -0.1) is 0 Å². The highest BCUT2D eigenvalue weighted by atomic mass is 32.2. The molecular weight excluding hydrogens is 267 g/mol. The normalized spacial score (nSPS) is 24.8. The molecule has 3 rings (SSSR count). The van der Waals surface area contributed by atoms with Crippen LogP contribution < -0.4 is 4.72 Å². The molecule has 0 radical (unpaired) electrons. The first-order chi connectivity index (χ1) is 9.04. The summed E-state index contributed by atoms with van der Waals surface area (Å²) < 4.78 is 40.0. The first-order valence-corrected chi connectivity index (χ1v) is 8.05. The average Bonchev–Trinajstić information content (AvgIpc) is 3.11. The van der Waals surface area contributed by atoms with E-state index in [4.69, 9.17) is 0 Å². The number of hydrogen-bond acceptors (Lipinski definition) is 3. The number of sulfonamides is 1. The third kappa shape index (κ3) is 2.96. The van der Waals surface area contributed by atoms with Crippen LogP contribution in [0.4, 0.5) is 4.39 Å². The minimum absolute atomic E-state index is 0.00243. The van der Waals surface area contributed by atoms with Crippen LogP contribution in [0.25, 0.3) is 0 Å². The van der Waals surface area contributed by atoms with E-state index in [1.54, 1.807) is 0 Å². The van der Waals surface area contributed by atoms with Crippen molar-refractivity contribution >= 4 is 10.0 Å². The van der Waals surface area contributed by atoms with Crippen LogP contribution in [0.1, 0.15) is 19.3 Å². The van der Waals surface area contributed by atoms with Crippen LogP contribution >= 0.6 is 0 Å². The highest BCUT2D eigenvalue weighted by Crippen LogP contribution is 2.30. The Balaban J connectivity index is 1.68. The lowest BCUT2D eigenvalue weighted by atomic mass is 10.3. The van der Waals surface area contributed by atoms with E-state index in [-0.39, 0.29) is 10.9 Å². The Kier molecular flexibility index (Phi) is 3.32. The van der Waals surface area contributed by atoms with Crippen LogP contribution in [0, 0.1) is 5.82 Å². The van der Waals surface area contributed by atoms with E-state index in [0.717, 1.165) is 25.6 Å². The Hall–Kier alpha value is -0.980. The Morgan fingerprint density at radius 3 is 2.74 bits per heavy atom. The smallest absolute Gasteiger partial charge is 0.240 e. The van der Waals surface area contributed by atoms with Crippen LogP contribution in [0.15, 0.2) is 29.2 Å². The van der Waals surface area contributed by atoms with Crippen molar-refractivity contribution in [3.8, 4) is 0 Å². The number of benzene rings is 1. The summed E-state index contributed by atoms with van der Waals surface area (Å²) in [5, 5.41) is 0. The Bertz CT molecular complexity index is 572. The SMILES string of the molecule is O=S(=O)(NC1CCN(C2CC2)C1)c1cccc(F)c1. The van der Waals surface area contributed by atoms with Crippen molar-refractivity contribution in [2.24, 2.45) is 0 Å². The van der Waals surface area contributed by atoms with E-state index in [0.29, 0.717) is 6.04 Å². The molecule has 0 amide bonds. The van der Waals surface area contributed by atoms with E-state index >= 15 is 0 Å². The van der Waals surface area contributed by atoms with Gasteiger partial charge in [-0.2, -0.15) is 0 Å². The van der Waals surface area contributed by atoms with E-state index in [2.05, 4.69) is 9.62 Å². The zero-order chi connectivity index (χ0) is 13.5.